The number of rotatable bonds is 8. The summed E-state index contributed by atoms with van der Waals surface area (Å²) in [5, 5.41) is 6.42. The molecule has 0 amide bonds. The maximum atomic E-state index is 5.25. The van der Waals surface area contributed by atoms with Crippen LogP contribution in [0.15, 0.2) is 201 Å². The van der Waals surface area contributed by atoms with Crippen molar-refractivity contribution >= 4 is 32.3 Å². The van der Waals surface area contributed by atoms with E-state index in [-0.39, 0.29) is 0 Å². The first-order chi connectivity index (χ1) is 31.7. The lowest BCUT2D eigenvalue weighted by Crippen LogP contribution is -2.02. The summed E-state index contributed by atoms with van der Waals surface area (Å²) in [6.45, 7) is 0. The minimum absolute atomic E-state index is 0.550. The Morgan fingerprint density at radius 3 is 0.812 bits per heavy atom. The molecule has 64 heavy (non-hydrogen) atoms. The molecular formula is C55H33N9. The van der Waals surface area contributed by atoms with Gasteiger partial charge in [0, 0.05) is 70.6 Å². The third-order valence-electron chi connectivity index (χ3n) is 11.7. The van der Waals surface area contributed by atoms with Crippen LogP contribution in [-0.4, -0.2) is 44.9 Å². The summed E-state index contributed by atoms with van der Waals surface area (Å²) in [6.07, 6.45) is 10.5. The van der Waals surface area contributed by atoms with Crippen LogP contribution in [0.2, 0.25) is 0 Å². The van der Waals surface area contributed by atoms with E-state index < -0.39 is 0 Å². The third kappa shape index (κ3) is 6.47. The summed E-state index contributed by atoms with van der Waals surface area (Å²) < 4.78 is 0. The first-order valence-corrected chi connectivity index (χ1v) is 20.9. The van der Waals surface area contributed by atoms with E-state index in [0.717, 1.165) is 88.0 Å². The second kappa shape index (κ2) is 15.5. The highest BCUT2D eigenvalue weighted by Gasteiger charge is 2.24. The van der Waals surface area contributed by atoms with Gasteiger partial charge in [-0.3, -0.25) is 15.0 Å². The predicted octanol–water partition coefficient (Wildman–Crippen LogP) is 12.5. The zero-order valence-corrected chi connectivity index (χ0v) is 34.1. The summed E-state index contributed by atoms with van der Waals surface area (Å²) in [6, 6.07) is 56.1. The molecule has 5 aromatic heterocycles. The van der Waals surface area contributed by atoms with Gasteiger partial charge < -0.3 is 0 Å². The number of hydrogen-bond acceptors (Lipinski definition) is 9. The number of pyridine rings is 3. The zero-order chi connectivity index (χ0) is 42.4. The average molecular weight is 820 g/mol. The molecule has 0 aliphatic carbocycles. The van der Waals surface area contributed by atoms with Gasteiger partial charge in [0.05, 0.1) is 0 Å². The average Bonchev–Trinajstić information content (AvgIpc) is 3.39. The fourth-order valence-corrected chi connectivity index (χ4v) is 8.68. The van der Waals surface area contributed by atoms with Crippen LogP contribution in [0.5, 0.6) is 0 Å². The van der Waals surface area contributed by atoms with Gasteiger partial charge in [0.1, 0.15) is 0 Å². The maximum Gasteiger partial charge on any atom is 0.164 e. The number of benzene rings is 7. The molecule has 0 N–H and O–H groups in total. The van der Waals surface area contributed by atoms with Gasteiger partial charge in [-0.2, -0.15) is 0 Å². The van der Waals surface area contributed by atoms with Gasteiger partial charge >= 0.3 is 0 Å². The van der Waals surface area contributed by atoms with E-state index in [1.807, 2.05) is 78.9 Å². The SMILES string of the molecule is c1ccc(-c2nc(-c3ccncc3)nc(-c3cc(-c4ccccc4)c4ccc5c(-c6nc(-c7ccncc7)nc(-c7ccncc7)n6)cc(-c6ccccc6)c6ccc3c4c65)n2)cc1. The fraction of sp³-hybridized carbons (Fsp3) is 0. The molecule has 0 fully saturated rings. The van der Waals surface area contributed by atoms with Crippen LogP contribution in [0.3, 0.4) is 0 Å². The minimum atomic E-state index is 0.550. The molecule has 0 unspecified atom stereocenters. The molecule has 9 nitrogen and oxygen atoms in total. The van der Waals surface area contributed by atoms with Crippen molar-refractivity contribution in [2.75, 3.05) is 0 Å². The van der Waals surface area contributed by atoms with E-state index in [9.17, 15) is 0 Å². The van der Waals surface area contributed by atoms with Crippen LogP contribution in [0.4, 0.5) is 0 Å². The number of nitrogens with zero attached hydrogens (tertiary/aromatic N) is 9. The summed E-state index contributed by atoms with van der Waals surface area (Å²) in [7, 11) is 0. The Morgan fingerprint density at radius 2 is 0.484 bits per heavy atom. The van der Waals surface area contributed by atoms with Gasteiger partial charge in [-0.15, -0.1) is 0 Å². The normalized spacial score (nSPS) is 11.4. The Kier molecular flexibility index (Phi) is 8.93. The highest BCUT2D eigenvalue weighted by atomic mass is 15.0. The molecule has 7 aromatic carbocycles. The molecule has 0 aliphatic rings. The minimum Gasteiger partial charge on any atom is -0.265 e. The van der Waals surface area contributed by atoms with Crippen molar-refractivity contribution in [1.29, 1.82) is 0 Å². The fourth-order valence-electron chi connectivity index (χ4n) is 8.68. The summed E-state index contributed by atoms with van der Waals surface area (Å²) in [5.41, 5.74) is 9.49. The molecule has 0 bridgehead atoms. The van der Waals surface area contributed by atoms with Crippen molar-refractivity contribution in [3.63, 3.8) is 0 Å². The number of aromatic nitrogens is 9. The molecule has 0 aliphatic heterocycles. The molecule has 12 aromatic rings. The molecule has 298 valence electrons. The van der Waals surface area contributed by atoms with Crippen molar-refractivity contribution in [3.05, 3.63) is 201 Å². The molecule has 0 radical (unpaired) electrons. The monoisotopic (exact) mass is 819 g/mol. The van der Waals surface area contributed by atoms with E-state index in [4.69, 9.17) is 29.9 Å². The van der Waals surface area contributed by atoms with E-state index in [0.29, 0.717) is 34.9 Å². The Morgan fingerprint density at radius 1 is 0.219 bits per heavy atom. The lowest BCUT2D eigenvalue weighted by Gasteiger charge is -2.21. The molecule has 0 saturated carbocycles. The topological polar surface area (TPSA) is 116 Å². The van der Waals surface area contributed by atoms with Crippen molar-refractivity contribution < 1.29 is 0 Å². The second-order valence-electron chi connectivity index (χ2n) is 15.4. The van der Waals surface area contributed by atoms with Crippen LogP contribution in [0.1, 0.15) is 0 Å². The van der Waals surface area contributed by atoms with Crippen LogP contribution < -0.4 is 0 Å². The van der Waals surface area contributed by atoms with Gasteiger partial charge in [0.2, 0.25) is 0 Å². The van der Waals surface area contributed by atoms with Crippen LogP contribution in [0, 0.1) is 0 Å². The number of hydrogen-bond donors (Lipinski definition) is 0. The van der Waals surface area contributed by atoms with Gasteiger partial charge in [-0.25, -0.2) is 29.9 Å². The predicted molar refractivity (Wildman–Crippen MR) is 254 cm³/mol. The smallest absolute Gasteiger partial charge is 0.164 e. The van der Waals surface area contributed by atoms with E-state index in [1.54, 1.807) is 37.2 Å². The van der Waals surface area contributed by atoms with Crippen molar-refractivity contribution in [1.82, 2.24) is 44.9 Å². The third-order valence-corrected chi connectivity index (χ3v) is 11.7. The highest BCUT2D eigenvalue weighted by molar-refractivity contribution is 6.31. The molecule has 0 spiro atoms. The quantitative estimate of drug-likeness (QED) is 0.138. The summed E-state index contributed by atoms with van der Waals surface area (Å²) in [5.74, 6) is 3.38. The summed E-state index contributed by atoms with van der Waals surface area (Å²) in [4.78, 5) is 43.8. The lowest BCUT2D eigenvalue weighted by atomic mass is 9.83. The Hall–Kier alpha value is -8.95. The molecule has 12 rings (SSSR count). The first-order valence-electron chi connectivity index (χ1n) is 20.9. The van der Waals surface area contributed by atoms with Gasteiger partial charge in [0.15, 0.2) is 34.9 Å². The molecule has 5 heterocycles. The standard InChI is InChI=1S/C55H33N9/c1-4-10-34(11-5-1)44-32-46(54-61-50(36-14-8-3-9-15-36)59-51(62-54)37-20-26-56-27-21-37)42-18-16-41-45(35-12-6-2-7-13-35)33-47(43-19-17-40(44)48(42)49(41)43)55-63-52(38-22-28-57-29-23-38)60-53(64-55)39-24-30-58-31-25-39/h1-33H. The maximum absolute atomic E-state index is 5.25. The van der Waals surface area contributed by atoms with Crippen LogP contribution in [0.25, 0.3) is 123 Å². The Labute approximate surface area is 367 Å². The van der Waals surface area contributed by atoms with Gasteiger partial charge in [-0.1, -0.05) is 115 Å². The molecule has 0 saturated heterocycles. The summed E-state index contributed by atoms with van der Waals surface area (Å²) >= 11 is 0. The van der Waals surface area contributed by atoms with E-state index in [1.165, 1.54) is 0 Å². The largest absolute Gasteiger partial charge is 0.265 e. The molecule has 9 heteroatoms. The van der Waals surface area contributed by atoms with E-state index >= 15 is 0 Å². The van der Waals surface area contributed by atoms with Crippen molar-refractivity contribution in [3.8, 4) is 90.6 Å². The molecular weight excluding hydrogens is 787 g/mol. The van der Waals surface area contributed by atoms with Crippen LogP contribution >= 0.6 is 0 Å². The highest BCUT2D eigenvalue weighted by Crippen LogP contribution is 2.48. The zero-order valence-electron chi connectivity index (χ0n) is 34.1. The Balaban J connectivity index is 1.21. The lowest BCUT2D eigenvalue weighted by molar-refractivity contribution is 1.07. The van der Waals surface area contributed by atoms with E-state index in [2.05, 4.69) is 99.9 Å². The van der Waals surface area contributed by atoms with Gasteiger partial charge in [0.25, 0.3) is 0 Å². The van der Waals surface area contributed by atoms with Gasteiger partial charge in [-0.05, 0) is 103 Å². The van der Waals surface area contributed by atoms with Crippen molar-refractivity contribution in [2.45, 2.75) is 0 Å². The van der Waals surface area contributed by atoms with Crippen LogP contribution in [-0.2, 0) is 0 Å². The molecule has 0 atom stereocenters. The van der Waals surface area contributed by atoms with Crippen molar-refractivity contribution in [2.24, 2.45) is 0 Å². The second-order valence-corrected chi connectivity index (χ2v) is 15.4. The first kappa shape index (κ1) is 36.9. The Bertz CT molecular complexity index is 3270.